The maximum absolute atomic E-state index is 12.6. The van der Waals surface area contributed by atoms with Crippen LogP contribution in [0.2, 0.25) is 5.02 Å². The highest BCUT2D eigenvalue weighted by Gasteiger charge is 2.32. The summed E-state index contributed by atoms with van der Waals surface area (Å²) in [7, 11) is 0. The molecule has 1 N–H and O–H groups in total. The summed E-state index contributed by atoms with van der Waals surface area (Å²) in [6, 6.07) is 13.7. The predicted octanol–water partition coefficient (Wildman–Crippen LogP) is 3.37. The first-order valence-electron chi connectivity index (χ1n) is 7.02. The van der Waals surface area contributed by atoms with Gasteiger partial charge in [-0.2, -0.15) is 0 Å². The Morgan fingerprint density at radius 3 is 2.68 bits per heavy atom. The van der Waals surface area contributed by atoms with Gasteiger partial charge < -0.3 is 5.32 Å². The van der Waals surface area contributed by atoms with Gasteiger partial charge in [0.15, 0.2) is 5.78 Å². The number of hydrogen-bond acceptors (Lipinski definition) is 3. The van der Waals surface area contributed by atoms with E-state index in [-0.39, 0.29) is 18.2 Å². The molecule has 1 heterocycles. The van der Waals surface area contributed by atoms with Crippen LogP contribution in [0.15, 0.2) is 48.5 Å². The highest BCUT2D eigenvalue weighted by Crippen LogP contribution is 2.33. The van der Waals surface area contributed by atoms with E-state index in [4.69, 9.17) is 11.6 Å². The van der Waals surface area contributed by atoms with Gasteiger partial charge in [-0.15, -0.1) is 0 Å². The first-order valence-corrected chi connectivity index (χ1v) is 7.40. The SMILES string of the molecule is CC(C(=O)c1ccccc1)N1C(=O)CNc2cc(Cl)ccc21. The van der Waals surface area contributed by atoms with Gasteiger partial charge in [-0.1, -0.05) is 41.9 Å². The molecule has 0 aliphatic carbocycles. The molecular formula is C17H15ClN2O2. The highest BCUT2D eigenvalue weighted by atomic mass is 35.5. The van der Waals surface area contributed by atoms with Gasteiger partial charge in [0.1, 0.15) is 0 Å². The molecular weight excluding hydrogens is 300 g/mol. The van der Waals surface area contributed by atoms with Crippen LogP contribution in [0, 0.1) is 0 Å². The zero-order valence-electron chi connectivity index (χ0n) is 12.0. The predicted molar refractivity (Wildman–Crippen MR) is 87.7 cm³/mol. The van der Waals surface area contributed by atoms with E-state index in [1.165, 1.54) is 4.90 Å². The van der Waals surface area contributed by atoms with Crippen molar-refractivity contribution in [2.24, 2.45) is 0 Å². The second-order valence-electron chi connectivity index (χ2n) is 5.19. The van der Waals surface area contributed by atoms with Crippen molar-refractivity contribution in [1.82, 2.24) is 0 Å². The highest BCUT2D eigenvalue weighted by molar-refractivity contribution is 6.31. The summed E-state index contributed by atoms with van der Waals surface area (Å²) >= 11 is 5.99. The van der Waals surface area contributed by atoms with Gasteiger partial charge >= 0.3 is 0 Å². The molecule has 0 aromatic heterocycles. The van der Waals surface area contributed by atoms with Crippen molar-refractivity contribution in [1.29, 1.82) is 0 Å². The van der Waals surface area contributed by atoms with Gasteiger partial charge in [0.05, 0.1) is 24.0 Å². The Balaban J connectivity index is 1.97. The molecule has 0 saturated carbocycles. The summed E-state index contributed by atoms with van der Waals surface area (Å²) in [6.07, 6.45) is 0. The molecule has 112 valence electrons. The fourth-order valence-electron chi connectivity index (χ4n) is 2.64. The molecule has 4 nitrogen and oxygen atoms in total. The van der Waals surface area contributed by atoms with Crippen LogP contribution in [0.1, 0.15) is 17.3 Å². The molecule has 0 saturated heterocycles. The van der Waals surface area contributed by atoms with Crippen LogP contribution in [0.5, 0.6) is 0 Å². The maximum atomic E-state index is 12.6. The van der Waals surface area contributed by atoms with Gasteiger partial charge in [-0.05, 0) is 25.1 Å². The minimum absolute atomic E-state index is 0.0863. The van der Waals surface area contributed by atoms with E-state index < -0.39 is 6.04 Å². The summed E-state index contributed by atoms with van der Waals surface area (Å²) in [5, 5.41) is 3.62. The second kappa shape index (κ2) is 5.81. The van der Waals surface area contributed by atoms with Crippen LogP contribution in [-0.2, 0) is 4.79 Å². The number of hydrogen-bond donors (Lipinski definition) is 1. The Labute approximate surface area is 133 Å². The largest absolute Gasteiger partial charge is 0.374 e. The van der Waals surface area contributed by atoms with E-state index >= 15 is 0 Å². The molecule has 1 unspecified atom stereocenters. The van der Waals surface area contributed by atoms with Crippen LogP contribution >= 0.6 is 11.6 Å². The molecule has 1 aliphatic heterocycles. The number of nitrogens with one attached hydrogen (secondary N) is 1. The number of ketones is 1. The smallest absolute Gasteiger partial charge is 0.247 e. The molecule has 5 heteroatoms. The summed E-state index contributed by atoms with van der Waals surface area (Å²) < 4.78 is 0. The second-order valence-corrected chi connectivity index (χ2v) is 5.62. The minimum atomic E-state index is -0.572. The Morgan fingerprint density at radius 1 is 1.23 bits per heavy atom. The van der Waals surface area contributed by atoms with Crippen LogP contribution < -0.4 is 10.2 Å². The van der Waals surface area contributed by atoms with Gasteiger partial charge in [-0.25, -0.2) is 0 Å². The van der Waals surface area contributed by atoms with Crippen molar-refractivity contribution in [2.45, 2.75) is 13.0 Å². The molecule has 2 aromatic rings. The van der Waals surface area contributed by atoms with Crippen molar-refractivity contribution in [2.75, 3.05) is 16.8 Å². The summed E-state index contributed by atoms with van der Waals surface area (Å²) in [6.45, 7) is 1.90. The van der Waals surface area contributed by atoms with E-state index in [0.717, 1.165) is 5.69 Å². The van der Waals surface area contributed by atoms with Crippen molar-refractivity contribution in [3.63, 3.8) is 0 Å². The lowest BCUT2D eigenvalue weighted by Gasteiger charge is -2.34. The molecule has 0 bridgehead atoms. The Hall–Kier alpha value is -2.33. The summed E-state index contributed by atoms with van der Waals surface area (Å²) in [5.74, 6) is -0.219. The fraction of sp³-hybridized carbons (Fsp3) is 0.176. The number of carbonyl (C=O) groups excluding carboxylic acids is 2. The fourth-order valence-corrected chi connectivity index (χ4v) is 2.81. The normalized spacial score (nSPS) is 15.0. The summed E-state index contributed by atoms with van der Waals surface area (Å²) in [4.78, 5) is 26.5. The lowest BCUT2D eigenvalue weighted by Crippen LogP contribution is -2.48. The van der Waals surface area contributed by atoms with E-state index in [9.17, 15) is 9.59 Å². The third-order valence-electron chi connectivity index (χ3n) is 3.74. The lowest BCUT2D eigenvalue weighted by atomic mass is 10.0. The average Bonchev–Trinajstić information content (AvgIpc) is 2.54. The topological polar surface area (TPSA) is 49.4 Å². The van der Waals surface area contributed by atoms with Gasteiger partial charge in [0, 0.05) is 10.6 Å². The molecule has 3 rings (SSSR count). The van der Waals surface area contributed by atoms with Crippen molar-refractivity contribution >= 4 is 34.7 Å². The quantitative estimate of drug-likeness (QED) is 0.884. The molecule has 0 fully saturated rings. The summed E-state index contributed by atoms with van der Waals surface area (Å²) in [5.41, 5.74) is 2.04. The third kappa shape index (κ3) is 2.57. The molecule has 2 aromatic carbocycles. The van der Waals surface area contributed by atoms with Gasteiger partial charge in [0.2, 0.25) is 5.91 Å². The number of fused-ring (bicyclic) bond motifs is 1. The van der Waals surface area contributed by atoms with Crippen LogP contribution in [0.3, 0.4) is 0 Å². The van der Waals surface area contributed by atoms with Crippen molar-refractivity contribution in [3.05, 3.63) is 59.1 Å². The van der Waals surface area contributed by atoms with Crippen LogP contribution in [-0.4, -0.2) is 24.3 Å². The van der Waals surface area contributed by atoms with Gasteiger partial charge in [-0.3, -0.25) is 14.5 Å². The van der Waals surface area contributed by atoms with E-state index in [0.29, 0.717) is 16.3 Å². The number of Topliss-reactive ketones (excluding diaryl/α,β-unsaturated/α-hetero) is 1. The van der Waals surface area contributed by atoms with Crippen molar-refractivity contribution in [3.8, 4) is 0 Å². The maximum Gasteiger partial charge on any atom is 0.247 e. The number of anilines is 2. The number of halogens is 1. The van der Waals surface area contributed by atoms with Gasteiger partial charge in [0.25, 0.3) is 0 Å². The number of rotatable bonds is 3. The first kappa shape index (κ1) is 14.6. The number of benzene rings is 2. The lowest BCUT2D eigenvalue weighted by molar-refractivity contribution is -0.117. The van der Waals surface area contributed by atoms with E-state index in [1.54, 1.807) is 37.3 Å². The molecule has 1 atom stereocenters. The molecule has 1 aliphatic rings. The van der Waals surface area contributed by atoms with Crippen LogP contribution in [0.4, 0.5) is 11.4 Å². The minimum Gasteiger partial charge on any atom is -0.374 e. The number of nitrogens with zero attached hydrogens (tertiary/aromatic N) is 1. The zero-order valence-corrected chi connectivity index (χ0v) is 12.8. The monoisotopic (exact) mass is 314 g/mol. The zero-order chi connectivity index (χ0) is 15.7. The molecule has 0 radical (unpaired) electrons. The Bertz CT molecular complexity index is 731. The Morgan fingerprint density at radius 2 is 1.95 bits per heavy atom. The first-order chi connectivity index (χ1) is 10.6. The Kier molecular flexibility index (Phi) is 3.86. The third-order valence-corrected chi connectivity index (χ3v) is 3.98. The number of carbonyl (C=O) groups is 2. The van der Waals surface area contributed by atoms with E-state index in [1.807, 2.05) is 18.2 Å². The van der Waals surface area contributed by atoms with Crippen LogP contribution in [0.25, 0.3) is 0 Å². The molecule has 1 amide bonds. The van der Waals surface area contributed by atoms with Crippen molar-refractivity contribution < 1.29 is 9.59 Å². The van der Waals surface area contributed by atoms with E-state index in [2.05, 4.69) is 5.32 Å². The standard InChI is InChI=1S/C17H15ClN2O2/c1-11(17(22)12-5-3-2-4-6-12)20-15-8-7-13(18)9-14(15)19-10-16(20)21/h2-9,11,19H,10H2,1H3. The molecule has 22 heavy (non-hydrogen) atoms. The number of amides is 1. The molecule has 0 spiro atoms. The average molecular weight is 315 g/mol.